The fourth-order valence-corrected chi connectivity index (χ4v) is 3.20. The van der Waals surface area contributed by atoms with Gasteiger partial charge in [-0.3, -0.25) is 10.1 Å². The summed E-state index contributed by atoms with van der Waals surface area (Å²) >= 11 is 1.79. The molecule has 0 spiro atoms. The van der Waals surface area contributed by atoms with Crippen LogP contribution in [-0.4, -0.2) is 28.5 Å². The van der Waals surface area contributed by atoms with Crippen LogP contribution in [0, 0.1) is 0 Å². The monoisotopic (exact) mass is 234 g/mol. The lowest BCUT2D eigenvalue weighted by molar-refractivity contribution is -0.133. The van der Waals surface area contributed by atoms with Crippen LogP contribution >= 0.6 is 11.8 Å². The Morgan fingerprint density at radius 1 is 1.31 bits per heavy atom. The van der Waals surface area contributed by atoms with Gasteiger partial charge in [0, 0.05) is 24.7 Å². The summed E-state index contributed by atoms with van der Waals surface area (Å²) in [5, 5.41) is 3.23. The number of fused-ring (bicyclic) bond motifs is 1. The molecule has 0 aromatic heterocycles. The molecule has 0 aliphatic carbocycles. The molecule has 84 valence electrons. The van der Waals surface area contributed by atoms with E-state index >= 15 is 0 Å². The molecule has 3 nitrogen and oxygen atoms in total. The minimum absolute atomic E-state index is 0.0271. The van der Waals surface area contributed by atoms with E-state index in [4.69, 9.17) is 0 Å². The highest BCUT2D eigenvalue weighted by atomic mass is 32.2. The summed E-state index contributed by atoms with van der Waals surface area (Å²) in [7, 11) is 0. The molecule has 2 aliphatic rings. The van der Waals surface area contributed by atoms with Gasteiger partial charge in [0.1, 0.15) is 0 Å². The summed E-state index contributed by atoms with van der Waals surface area (Å²) in [5.74, 6) is 2.06. The van der Waals surface area contributed by atoms with Gasteiger partial charge in [-0.15, -0.1) is 11.8 Å². The van der Waals surface area contributed by atoms with Gasteiger partial charge in [0.15, 0.2) is 0 Å². The van der Waals surface area contributed by atoms with Gasteiger partial charge < -0.3 is 4.90 Å². The third-order valence-electron chi connectivity index (χ3n) is 3.17. The molecule has 2 aliphatic heterocycles. The van der Waals surface area contributed by atoms with Crippen LogP contribution in [0.4, 0.5) is 0 Å². The number of thioether (sulfide) groups is 1. The van der Waals surface area contributed by atoms with Crippen molar-refractivity contribution in [3.8, 4) is 0 Å². The molecule has 4 heteroatoms. The minimum atomic E-state index is 0.0271. The fourth-order valence-electron chi connectivity index (χ4n) is 2.26. The number of carbonyl (C=O) groups excluding carboxylic acids is 1. The van der Waals surface area contributed by atoms with Crippen molar-refractivity contribution < 1.29 is 4.79 Å². The van der Waals surface area contributed by atoms with Crippen molar-refractivity contribution in [3.63, 3.8) is 0 Å². The van der Waals surface area contributed by atoms with Crippen molar-refractivity contribution in [3.05, 3.63) is 35.4 Å². The van der Waals surface area contributed by atoms with Gasteiger partial charge in [-0.1, -0.05) is 24.3 Å². The summed E-state index contributed by atoms with van der Waals surface area (Å²) in [4.78, 5) is 14.1. The molecule has 1 aromatic carbocycles. The standard InChI is InChI=1S/C12H14N2OS/c15-12(11-7-16-8-13-11)14-5-9-3-1-2-4-10(9)6-14/h1-4,11,13H,5-8H2. The van der Waals surface area contributed by atoms with Crippen LogP contribution in [0.3, 0.4) is 0 Å². The van der Waals surface area contributed by atoms with Crippen molar-refractivity contribution in [2.24, 2.45) is 0 Å². The number of rotatable bonds is 1. The number of hydrogen-bond acceptors (Lipinski definition) is 3. The zero-order valence-corrected chi connectivity index (χ0v) is 9.80. The third kappa shape index (κ3) is 1.72. The van der Waals surface area contributed by atoms with Crippen LogP contribution in [0.25, 0.3) is 0 Å². The Labute approximate surface area is 99.2 Å². The zero-order valence-electron chi connectivity index (χ0n) is 8.98. The molecule has 1 saturated heterocycles. The molecule has 3 rings (SSSR count). The van der Waals surface area contributed by atoms with Crippen molar-refractivity contribution in [1.29, 1.82) is 0 Å². The van der Waals surface area contributed by atoms with Crippen LogP contribution in [-0.2, 0) is 17.9 Å². The lowest BCUT2D eigenvalue weighted by Crippen LogP contribution is -2.42. The number of amides is 1. The summed E-state index contributed by atoms with van der Waals surface area (Å²) in [5.41, 5.74) is 2.59. The summed E-state index contributed by atoms with van der Waals surface area (Å²) < 4.78 is 0. The summed E-state index contributed by atoms with van der Waals surface area (Å²) in [6.07, 6.45) is 0. The maximum atomic E-state index is 12.2. The number of benzene rings is 1. The third-order valence-corrected chi connectivity index (χ3v) is 4.11. The Bertz CT molecular complexity index is 390. The average Bonchev–Trinajstić information content (AvgIpc) is 2.97. The van der Waals surface area contributed by atoms with Gasteiger partial charge in [-0.2, -0.15) is 0 Å². The molecule has 0 bridgehead atoms. The maximum absolute atomic E-state index is 12.2. The molecule has 1 unspecified atom stereocenters. The van der Waals surface area contributed by atoms with Crippen LogP contribution in [0.5, 0.6) is 0 Å². The van der Waals surface area contributed by atoms with Gasteiger partial charge in [-0.25, -0.2) is 0 Å². The molecule has 1 N–H and O–H groups in total. The first-order chi connectivity index (χ1) is 7.84. The largest absolute Gasteiger partial charge is 0.333 e. The summed E-state index contributed by atoms with van der Waals surface area (Å²) in [6, 6.07) is 8.32. The number of hydrogen-bond donors (Lipinski definition) is 1. The van der Waals surface area contributed by atoms with E-state index in [0.717, 1.165) is 24.7 Å². The molecule has 1 aromatic rings. The van der Waals surface area contributed by atoms with Gasteiger partial charge in [0.25, 0.3) is 0 Å². The van der Waals surface area contributed by atoms with Crippen LogP contribution < -0.4 is 5.32 Å². The summed E-state index contributed by atoms with van der Waals surface area (Å²) in [6.45, 7) is 1.55. The van der Waals surface area contributed by atoms with E-state index in [1.807, 2.05) is 17.0 Å². The van der Waals surface area contributed by atoms with Gasteiger partial charge in [0.2, 0.25) is 5.91 Å². The molecular weight excluding hydrogens is 220 g/mol. The SMILES string of the molecule is O=C(C1CSCN1)N1Cc2ccccc2C1. The smallest absolute Gasteiger partial charge is 0.241 e. The highest BCUT2D eigenvalue weighted by Crippen LogP contribution is 2.24. The molecule has 1 amide bonds. The van der Waals surface area contributed by atoms with Crippen molar-refractivity contribution in [1.82, 2.24) is 10.2 Å². The Balaban J connectivity index is 1.73. The van der Waals surface area contributed by atoms with E-state index in [1.54, 1.807) is 11.8 Å². The minimum Gasteiger partial charge on any atom is -0.333 e. The Hall–Kier alpha value is -1.00. The molecule has 2 heterocycles. The second-order valence-electron chi connectivity index (χ2n) is 4.23. The van der Waals surface area contributed by atoms with Gasteiger partial charge in [0.05, 0.1) is 6.04 Å². The van der Waals surface area contributed by atoms with E-state index in [1.165, 1.54) is 11.1 Å². The molecule has 16 heavy (non-hydrogen) atoms. The first-order valence-electron chi connectivity index (χ1n) is 5.51. The number of nitrogens with zero attached hydrogens (tertiary/aromatic N) is 1. The fraction of sp³-hybridized carbons (Fsp3) is 0.417. The average molecular weight is 234 g/mol. The van der Waals surface area contributed by atoms with E-state index in [2.05, 4.69) is 17.4 Å². The molecule has 0 saturated carbocycles. The highest BCUT2D eigenvalue weighted by Gasteiger charge is 2.30. The molecular formula is C12H14N2OS. The predicted molar refractivity (Wildman–Crippen MR) is 64.9 cm³/mol. The topological polar surface area (TPSA) is 32.3 Å². The quantitative estimate of drug-likeness (QED) is 0.792. The van der Waals surface area contributed by atoms with E-state index in [0.29, 0.717) is 0 Å². The number of carbonyl (C=O) groups is 1. The zero-order chi connectivity index (χ0) is 11.0. The lowest BCUT2D eigenvalue weighted by Gasteiger charge is -2.19. The normalized spacial score (nSPS) is 23.5. The van der Waals surface area contributed by atoms with E-state index in [-0.39, 0.29) is 11.9 Å². The molecule has 1 atom stereocenters. The first kappa shape index (κ1) is 10.2. The van der Waals surface area contributed by atoms with E-state index < -0.39 is 0 Å². The molecule has 1 fully saturated rings. The molecule has 0 radical (unpaired) electrons. The van der Waals surface area contributed by atoms with Crippen LogP contribution in [0.1, 0.15) is 11.1 Å². The Morgan fingerprint density at radius 3 is 2.56 bits per heavy atom. The van der Waals surface area contributed by atoms with Crippen molar-refractivity contribution >= 4 is 17.7 Å². The first-order valence-corrected chi connectivity index (χ1v) is 6.67. The Morgan fingerprint density at radius 2 is 2.00 bits per heavy atom. The predicted octanol–water partition coefficient (Wildman–Crippen LogP) is 1.19. The second kappa shape index (κ2) is 4.11. The second-order valence-corrected chi connectivity index (χ2v) is 5.27. The Kier molecular flexibility index (Phi) is 2.61. The highest BCUT2D eigenvalue weighted by molar-refractivity contribution is 7.99. The van der Waals surface area contributed by atoms with Crippen molar-refractivity contribution in [2.75, 3.05) is 11.6 Å². The number of nitrogens with one attached hydrogen (secondary N) is 1. The lowest BCUT2D eigenvalue weighted by atomic mass is 10.1. The van der Waals surface area contributed by atoms with Crippen LogP contribution in [0.2, 0.25) is 0 Å². The van der Waals surface area contributed by atoms with E-state index in [9.17, 15) is 4.79 Å². The van der Waals surface area contributed by atoms with Gasteiger partial charge >= 0.3 is 0 Å². The van der Waals surface area contributed by atoms with Crippen LogP contribution in [0.15, 0.2) is 24.3 Å². The van der Waals surface area contributed by atoms with Gasteiger partial charge in [-0.05, 0) is 11.1 Å². The van der Waals surface area contributed by atoms with Crippen molar-refractivity contribution in [2.45, 2.75) is 19.1 Å². The maximum Gasteiger partial charge on any atom is 0.241 e.